The number of aryl methyl sites for hydroxylation is 8. The topological polar surface area (TPSA) is 46.2 Å². The van der Waals surface area contributed by atoms with Crippen LogP contribution in [0.5, 0.6) is 28.7 Å². The van der Waals surface area contributed by atoms with Gasteiger partial charge in [-0.3, -0.25) is 0 Å². The van der Waals surface area contributed by atoms with Gasteiger partial charge in [-0.15, -0.1) is 0 Å². The first-order chi connectivity index (χ1) is 35.9. The largest absolute Gasteiger partial charge is 0.494 e. The molecular formula is C69H96O5. The summed E-state index contributed by atoms with van der Waals surface area (Å²) in [6.07, 6.45) is 10.2. The van der Waals surface area contributed by atoms with Crippen LogP contribution in [0.4, 0.5) is 0 Å². The number of rotatable bonds is 19. The predicted molar refractivity (Wildman–Crippen MR) is 320 cm³/mol. The molecule has 0 saturated carbocycles. The van der Waals surface area contributed by atoms with Crippen LogP contribution in [0.15, 0.2) is 176 Å². The van der Waals surface area contributed by atoms with Crippen LogP contribution in [0.2, 0.25) is 0 Å². The molecule has 0 aromatic heterocycles. The molecule has 0 aliphatic heterocycles. The SMILES string of the molecule is CCCCOc1ccc(C)cc1.CCCCOc1cccc(OCC)c1.CCCCOc1ccccc1.CCOc1cccc(CC)c1.CCc1ccc(C)cc1C.CCc1ccccc1.Cc1cccc(C)c1. The molecule has 0 atom stereocenters. The van der Waals surface area contributed by atoms with Crippen molar-refractivity contribution in [1.29, 1.82) is 0 Å². The molecule has 7 rings (SSSR count). The van der Waals surface area contributed by atoms with E-state index in [-0.39, 0.29) is 0 Å². The average molecular weight is 1010 g/mol. The van der Waals surface area contributed by atoms with Gasteiger partial charge in [0.25, 0.3) is 0 Å². The third-order valence-electron chi connectivity index (χ3n) is 11.1. The van der Waals surface area contributed by atoms with Gasteiger partial charge in [0.1, 0.15) is 28.7 Å². The Bertz CT molecular complexity index is 2340. The summed E-state index contributed by atoms with van der Waals surface area (Å²) < 4.78 is 27.2. The summed E-state index contributed by atoms with van der Waals surface area (Å²) in [5.74, 6) is 4.70. The van der Waals surface area contributed by atoms with Crippen LogP contribution in [-0.4, -0.2) is 33.0 Å². The zero-order chi connectivity index (χ0) is 54.4. The first kappa shape index (κ1) is 65.6. The minimum Gasteiger partial charge on any atom is -0.494 e. The zero-order valence-corrected chi connectivity index (χ0v) is 48.2. The third kappa shape index (κ3) is 34.1. The van der Waals surface area contributed by atoms with Crippen LogP contribution in [0.3, 0.4) is 0 Å². The number of unbranched alkanes of at least 4 members (excludes halogenated alkanes) is 3. The maximum atomic E-state index is 5.55. The van der Waals surface area contributed by atoms with Gasteiger partial charge in [0.05, 0.1) is 33.0 Å². The van der Waals surface area contributed by atoms with Gasteiger partial charge in [-0.25, -0.2) is 0 Å². The van der Waals surface area contributed by atoms with Crippen molar-refractivity contribution >= 4 is 0 Å². The van der Waals surface area contributed by atoms with E-state index in [1.807, 2.05) is 98.8 Å². The second-order valence-corrected chi connectivity index (χ2v) is 17.9. The highest BCUT2D eigenvalue weighted by molar-refractivity contribution is 5.33. The molecule has 0 aliphatic carbocycles. The fourth-order valence-corrected chi connectivity index (χ4v) is 6.76. The highest BCUT2D eigenvalue weighted by atomic mass is 16.5. The Balaban J connectivity index is 0.000000435. The molecule has 0 radical (unpaired) electrons. The molecule has 0 N–H and O–H groups in total. The first-order valence-corrected chi connectivity index (χ1v) is 27.5. The highest BCUT2D eigenvalue weighted by Gasteiger charge is 1.98. The van der Waals surface area contributed by atoms with Crippen molar-refractivity contribution in [2.45, 2.75) is 148 Å². The summed E-state index contributed by atoms with van der Waals surface area (Å²) in [6.45, 7) is 31.4. The molecule has 0 spiro atoms. The van der Waals surface area contributed by atoms with E-state index in [2.05, 4.69) is 167 Å². The van der Waals surface area contributed by atoms with E-state index in [4.69, 9.17) is 23.7 Å². The summed E-state index contributed by atoms with van der Waals surface area (Å²) in [5.41, 5.74) is 10.9. The summed E-state index contributed by atoms with van der Waals surface area (Å²) in [6, 6.07) is 59.6. The Hall–Kier alpha value is -6.46. The van der Waals surface area contributed by atoms with Crippen molar-refractivity contribution in [1.82, 2.24) is 0 Å². The van der Waals surface area contributed by atoms with E-state index in [1.54, 1.807) is 0 Å². The van der Waals surface area contributed by atoms with Gasteiger partial charge in [0.15, 0.2) is 0 Å². The van der Waals surface area contributed by atoms with Gasteiger partial charge >= 0.3 is 0 Å². The minimum atomic E-state index is 0.693. The van der Waals surface area contributed by atoms with Gasteiger partial charge in [-0.2, -0.15) is 0 Å². The highest BCUT2D eigenvalue weighted by Crippen LogP contribution is 2.20. The Kier molecular flexibility index (Phi) is 39.0. The molecule has 0 unspecified atom stereocenters. The maximum absolute atomic E-state index is 5.55. The van der Waals surface area contributed by atoms with Gasteiger partial charge < -0.3 is 23.7 Å². The summed E-state index contributed by atoms with van der Waals surface area (Å²) >= 11 is 0. The lowest BCUT2D eigenvalue weighted by atomic mass is 10.0. The van der Waals surface area contributed by atoms with Crippen molar-refractivity contribution in [2.24, 2.45) is 0 Å². The Morgan fingerprint density at radius 3 is 1.11 bits per heavy atom. The van der Waals surface area contributed by atoms with E-state index in [9.17, 15) is 0 Å². The molecular weight excluding hydrogens is 909 g/mol. The molecule has 5 nitrogen and oxygen atoms in total. The van der Waals surface area contributed by atoms with Gasteiger partial charge in [0.2, 0.25) is 0 Å². The summed E-state index contributed by atoms with van der Waals surface area (Å²) in [5, 5.41) is 0. The molecule has 0 heterocycles. The lowest BCUT2D eigenvalue weighted by Gasteiger charge is -2.07. The number of hydrogen-bond acceptors (Lipinski definition) is 5. The van der Waals surface area contributed by atoms with E-state index in [0.717, 1.165) is 100 Å². The quantitative estimate of drug-likeness (QED) is 0.0756. The van der Waals surface area contributed by atoms with Crippen LogP contribution in [0.1, 0.15) is 138 Å². The van der Waals surface area contributed by atoms with E-state index < -0.39 is 0 Å². The van der Waals surface area contributed by atoms with Gasteiger partial charge in [0, 0.05) is 6.07 Å². The van der Waals surface area contributed by atoms with E-state index in [0.29, 0.717) is 6.61 Å². The molecule has 0 aliphatic rings. The average Bonchev–Trinajstić information content (AvgIpc) is 3.41. The molecule has 5 heteroatoms. The third-order valence-corrected chi connectivity index (χ3v) is 11.1. The van der Waals surface area contributed by atoms with Crippen molar-refractivity contribution < 1.29 is 23.7 Å². The van der Waals surface area contributed by atoms with Gasteiger partial charge in [-0.05, 0) is 158 Å². The number of hydrogen-bond donors (Lipinski definition) is 0. The Labute approximate surface area is 451 Å². The Morgan fingerprint density at radius 1 is 0.284 bits per heavy atom. The number of para-hydroxylation sites is 1. The normalized spacial score (nSPS) is 9.64. The predicted octanol–water partition coefficient (Wildman–Crippen LogP) is 19.4. The summed E-state index contributed by atoms with van der Waals surface area (Å²) in [4.78, 5) is 0. The second kappa shape index (κ2) is 44.1. The second-order valence-electron chi connectivity index (χ2n) is 17.9. The van der Waals surface area contributed by atoms with Crippen LogP contribution in [-0.2, 0) is 19.3 Å². The Morgan fingerprint density at radius 2 is 0.676 bits per heavy atom. The fourth-order valence-electron chi connectivity index (χ4n) is 6.76. The molecule has 0 fully saturated rings. The van der Waals surface area contributed by atoms with Crippen LogP contribution in [0.25, 0.3) is 0 Å². The van der Waals surface area contributed by atoms with Crippen LogP contribution in [0, 0.1) is 34.6 Å². The van der Waals surface area contributed by atoms with Crippen molar-refractivity contribution in [3.05, 3.63) is 220 Å². The van der Waals surface area contributed by atoms with Gasteiger partial charge in [-0.1, -0.05) is 204 Å². The number of ether oxygens (including phenoxy) is 5. The number of benzene rings is 7. The lowest BCUT2D eigenvalue weighted by molar-refractivity contribution is 0.302. The maximum Gasteiger partial charge on any atom is 0.122 e. The lowest BCUT2D eigenvalue weighted by Crippen LogP contribution is -1.97. The van der Waals surface area contributed by atoms with Crippen molar-refractivity contribution in [3.63, 3.8) is 0 Å². The van der Waals surface area contributed by atoms with E-state index in [1.165, 1.54) is 57.3 Å². The first-order valence-electron chi connectivity index (χ1n) is 27.5. The van der Waals surface area contributed by atoms with Crippen LogP contribution >= 0.6 is 0 Å². The minimum absolute atomic E-state index is 0.693. The van der Waals surface area contributed by atoms with Crippen LogP contribution < -0.4 is 23.7 Å². The molecule has 74 heavy (non-hydrogen) atoms. The molecule has 402 valence electrons. The molecule has 0 amide bonds. The van der Waals surface area contributed by atoms with E-state index >= 15 is 0 Å². The monoisotopic (exact) mass is 1000 g/mol. The smallest absolute Gasteiger partial charge is 0.122 e. The molecule has 0 saturated heterocycles. The van der Waals surface area contributed by atoms with Crippen molar-refractivity contribution in [2.75, 3.05) is 33.0 Å². The zero-order valence-electron chi connectivity index (χ0n) is 48.2. The molecule has 0 bridgehead atoms. The van der Waals surface area contributed by atoms with Crippen molar-refractivity contribution in [3.8, 4) is 28.7 Å². The molecule has 7 aromatic rings. The fraction of sp³-hybridized carbons (Fsp3) is 0.391. The summed E-state index contributed by atoms with van der Waals surface area (Å²) in [7, 11) is 0. The molecule has 7 aromatic carbocycles. The standard InChI is InChI=1S/C12H18O2.C11H16O.2C10H14O.C10H14.2C8H10/c1-3-5-9-14-12-8-6-7-11(10-12)13-4-2;1-3-4-9-12-11-7-5-10(2)6-8-11;1-3-9-6-5-7-10(8-9)11-4-2;1-2-3-9-11-10-7-5-4-6-8-10;1-4-10-6-5-8(2)7-9(10)3;1-7-4-3-5-8(2)6-7;1-2-8-6-4-3-5-7-8/h6-8,10H,3-5,9H2,1-2H3;5-8H,3-4,9H2,1-2H3;5-8H,3-4H2,1-2H3;4-8H,2-3,9H2,1H3;5-7H,4H2,1-3H3;3-6H,1-2H3;3-7H,2H2,1H3.